The molecule has 1 atom stereocenters. The maximum absolute atomic E-state index is 13.0. The molecule has 0 spiro atoms. The van der Waals surface area contributed by atoms with E-state index in [1.807, 2.05) is 0 Å². The molecule has 1 aliphatic rings. The second-order valence-electron chi connectivity index (χ2n) is 7.91. The quantitative estimate of drug-likeness (QED) is 0.538. The fraction of sp³-hybridized carbons (Fsp3) is 0.261. The van der Waals surface area contributed by atoms with E-state index in [0.717, 1.165) is 0 Å². The molecule has 4 rings (SSSR count). The van der Waals surface area contributed by atoms with E-state index in [2.05, 4.69) is 10.3 Å². The summed E-state index contributed by atoms with van der Waals surface area (Å²) in [5.74, 6) is -0.615. The number of amides is 1. The minimum atomic E-state index is -3.71. The topological polar surface area (TPSA) is 101 Å². The van der Waals surface area contributed by atoms with Crippen LogP contribution in [0.4, 0.5) is 5.69 Å². The summed E-state index contributed by atoms with van der Waals surface area (Å²) >= 11 is 5.86. The van der Waals surface area contributed by atoms with Gasteiger partial charge < -0.3 is 9.88 Å². The van der Waals surface area contributed by atoms with Crippen molar-refractivity contribution >= 4 is 39.0 Å². The SMILES string of the molecule is Cn1ccnc1C(=O)c1ccc(NC(=O)C2CCCN(S(=O)(=O)c3ccc(Cl)cc3)C2)cc1. The molecule has 2 heterocycles. The number of nitrogens with zero attached hydrogens (tertiary/aromatic N) is 3. The molecule has 172 valence electrons. The van der Waals surface area contributed by atoms with Gasteiger partial charge in [0.15, 0.2) is 5.82 Å². The molecule has 2 aromatic carbocycles. The van der Waals surface area contributed by atoms with Crippen molar-refractivity contribution in [3.8, 4) is 0 Å². The third-order valence-electron chi connectivity index (χ3n) is 5.65. The first-order chi connectivity index (χ1) is 15.8. The normalized spacial score (nSPS) is 17.0. The lowest BCUT2D eigenvalue weighted by Crippen LogP contribution is -2.43. The molecule has 1 fully saturated rings. The summed E-state index contributed by atoms with van der Waals surface area (Å²) in [6.07, 6.45) is 4.43. The Morgan fingerprint density at radius 2 is 1.79 bits per heavy atom. The highest BCUT2D eigenvalue weighted by Gasteiger charge is 2.33. The van der Waals surface area contributed by atoms with Gasteiger partial charge in [-0.25, -0.2) is 13.4 Å². The van der Waals surface area contributed by atoms with Crippen molar-refractivity contribution in [3.63, 3.8) is 0 Å². The minimum absolute atomic E-state index is 0.104. The number of hydrogen-bond donors (Lipinski definition) is 1. The van der Waals surface area contributed by atoms with Gasteiger partial charge in [-0.1, -0.05) is 11.6 Å². The molecule has 1 aliphatic heterocycles. The van der Waals surface area contributed by atoms with Crippen molar-refractivity contribution in [2.24, 2.45) is 13.0 Å². The van der Waals surface area contributed by atoms with E-state index in [-0.39, 0.29) is 23.1 Å². The average Bonchev–Trinajstić information content (AvgIpc) is 3.25. The van der Waals surface area contributed by atoms with Crippen LogP contribution in [0.1, 0.15) is 29.0 Å². The van der Waals surface area contributed by atoms with Crippen LogP contribution in [0.3, 0.4) is 0 Å². The molecule has 0 aliphatic carbocycles. The number of rotatable bonds is 6. The Hall–Kier alpha value is -3.01. The van der Waals surface area contributed by atoms with Gasteiger partial charge in [0.2, 0.25) is 21.7 Å². The number of imidazole rings is 1. The zero-order valence-corrected chi connectivity index (χ0v) is 19.5. The Morgan fingerprint density at radius 1 is 1.09 bits per heavy atom. The van der Waals surface area contributed by atoms with E-state index < -0.39 is 15.9 Å². The van der Waals surface area contributed by atoms with Crippen LogP contribution in [0.2, 0.25) is 5.02 Å². The average molecular weight is 487 g/mol. The predicted octanol–water partition coefficient (Wildman–Crippen LogP) is 3.34. The zero-order valence-electron chi connectivity index (χ0n) is 17.9. The van der Waals surface area contributed by atoms with Crippen LogP contribution in [0.15, 0.2) is 65.8 Å². The lowest BCUT2D eigenvalue weighted by atomic mass is 9.98. The number of halogens is 1. The van der Waals surface area contributed by atoms with Crippen molar-refractivity contribution < 1.29 is 18.0 Å². The molecule has 1 saturated heterocycles. The second kappa shape index (κ2) is 9.46. The molecule has 0 radical (unpaired) electrons. The zero-order chi connectivity index (χ0) is 23.6. The summed E-state index contributed by atoms with van der Waals surface area (Å²) in [6, 6.07) is 12.6. The standard InChI is InChI=1S/C23H23ClN4O4S/c1-27-14-12-25-22(27)21(29)16-4-8-19(9-5-16)26-23(30)17-3-2-13-28(15-17)33(31,32)20-10-6-18(24)7-11-20/h4-12,14,17H,2-3,13,15H2,1H3,(H,26,30). The Kier molecular flexibility index (Phi) is 6.64. The smallest absolute Gasteiger partial charge is 0.243 e. The van der Waals surface area contributed by atoms with Gasteiger partial charge in [0.1, 0.15) is 0 Å². The number of benzene rings is 2. The Bertz CT molecular complexity index is 1270. The molecule has 1 N–H and O–H groups in total. The molecule has 1 amide bonds. The summed E-state index contributed by atoms with van der Waals surface area (Å²) in [5.41, 5.74) is 0.995. The first kappa shape index (κ1) is 23.2. The maximum Gasteiger partial charge on any atom is 0.243 e. The third kappa shape index (κ3) is 5.00. The highest BCUT2D eigenvalue weighted by molar-refractivity contribution is 7.89. The molecule has 0 bridgehead atoms. The van der Waals surface area contributed by atoms with Crippen molar-refractivity contribution in [1.82, 2.24) is 13.9 Å². The molecule has 8 nitrogen and oxygen atoms in total. The van der Waals surface area contributed by atoms with Crippen molar-refractivity contribution in [2.45, 2.75) is 17.7 Å². The summed E-state index contributed by atoms with van der Waals surface area (Å²) in [6.45, 7) is 0.464. The van der Waals surface area contributed by atoms with Gasteiger partial charge in [0.25, 0.3) is 0 Å². The maximum atomic E-state index is 13.0. The number of nitrogens with one attached hydrogen (secondary N) is 1. The van der Waals surface area contributed by atoms with Crippen LogP contribution in [-0.2, 0) is 21.9 Å². The number of sulfonamides is 1. The first-order valence-corrected chi connectivity index (χ1v) is 12.3. The fourth-order valence-electron chi connectivity index (χ4n) is 3.79. The van der Waals surface area contributed by atoms with Gasteiger partial charge >= 0.3 is 0 Å². The number of aryl methyl sites for hydroxylation is 1. The van der Waals surface area contributed by atoms with Crippen molar-refractivity contribution in [1.29, 1.82) is 0 Å². The Labute approximate surface area is 197 Å². The summed E-state index contributed by atoms with van der Waals surface area (Å²) in [4.78, 5) is 29.6. The fourth-order valence-corrected chi connectivity index (χ4v) is 5.44. The van der Waals surface area contributed by atoms with E-state index in [1.165, 1.54) is 28.6 Å². The van der Waals surface area contributed by atoms with E-state index in [1.54, 1.807) is 48.3 Å². The predicted molar refractivity (Wildman–Crippen MR) is 125 cm³/mol. The number of carbonyl (C=O) groups is 2. The molecule has 0 saturated carbocycles. The van der Waals surface area contributed by atoms with Gasteiger partial charge in [0, 0.05) is 48.8 Å². The number of piperidine rings is 1. The Balaban J connectivity index is 1.41. The van der Waals surface area contributed by atoms with Gasteiger partial charge in [-0.15, -0.1) is 0 Å². The summed E-state index contributed by atoms with van der Waals surface area (Å²) < 4.78 is 28.9. The van der Waals surface area contributed by atoms with E-state index in [0.29, 0.717) is 41.5 Å². The molecule has 33 heavy (non-hydrogen) atoms. The first-order valence-electron chi connectivity index (χ1n) is 10.4. The molecule has 1 aromatic heterocycles. The highest BCUT2D eigenvalue weighted by atomic mass is 35.5. The summed E-state index contributed by atoms with van der Waals surface area (Å²) in [5, 5.41) is 3.29. The molecule has 10 heteroatoms. The molecule has 3 aromatic rings. The second-order valence-corrected chi connectivity index (χ2v) is 10.3. The van der Waals surface area contributed by atoms with Gasteiger partial charge in [-0.2, -0.15) is 4.31 Å². The number of ketones is 1. The highest BCUT2D eigenvalue weighted by Crippen LogP contribution is 2.26. The van der Waals surface area contributed by atoms with E-state index in [4.69, 9.17) is 11.6 Å². The van der Waals surface area contributed by atoms with Crippen LogP contribution >= 0.6 is 11.6 Å². The third-order valence-corrected chi connectivity index (χ3v) is 7.78. The van der Waals surface area contributed by atoms with Crippen LogP contribution in [-0.4, -0.2) is 47.1 Å². The number of anilines is 1. The van der Waals surface area contributed by atoms with Crippen LogP contribution < -0.4 is 5.32 Å². The largest absolute Gasteiger partial charge is 0.331 e. The van der Waals surface area contributed by atoms with Gasteiger partial charge in [-0.05, 0) is 61.4 Å². The monoisotopic (exact) mass is 486 g/mol. The Morgan fingerprint density at radius 3 is 2.42 bits per heavy atom. The van der Waals surface area contributed by atoms with Gasteiger partial charge in [-0.3, -0.25) is 9.59 Å². The van der Waals surface area contributed by atoms with Crippen LogP contribution in [0.25, 0.3) is 0 Å². The van der Waals surface area contributed by atoms with Crippen LogP contribution in [0.5, 0.6) is 0 Å². The summed E-state index contributed by atoms with van der Waals surface area (Å²) in [7, 11) is -1.96. The lowest BCUT2D eigenvalue weighted by molar-refractivity contribution is -0.120. The molecular formula is C23H23ClN4O4S. The van der Waals surface area contributed by atoms with Gasteiger partial charge in [0.05, 0.1) is 10.8 Å². The lowest BCUT2D eigenvalue weighted by Gasteiger charge is -2.31. The molecule has 1 unspecified atom stereocenters. The number of aromatic nitrogens is 2. The van der Waals surface area contributed by atoms with Crippen LogP contribution in [0, 0.1) is 5.92 Å². The number of hydrogen-bond acceptors (Lipinski definition) is 5. The van der Waals surface area contributed by atoms with E-state index >= 15 is 0 Å². The van der Waals surface area contributed by atoms with E-state index in [9.17, 15) is 18.0 Å². The minimum Gasteiger partial charge on any atom is -0.331 e. The van der Waals surface area contributed by atoms with Crippen molar-refractivity contribution in [3.05, 3.63) is 77.3 Å². The molecular weight excluding hydrogens is 464 g/mol. The van der Waals surface area contributed by atoms with Crippen molar-refractivity contribution in [2.75, 3.05) is 18.4 Å². The number of carbonyl (C=O) groups excluding carboxylic acids is 2.